The normalized spacial score (nSPS) is 26.0. The highest BCUT2D eigenvalue weighted by Crippen LogP contribution is 2.42. The Kier molecular flexibility index (Phi) is 0.628. The van der Waals surface area contributed by atoms with Crippen molar-refractivity contribution in [2.75, 3.05) is 0 Å². The second-order valence-electron chi connectivity index (χ2n) is 2.19. The molecule has 0 spiro atoms. The third kappa shape index (κ3) is 0.488. The number of carbonyl (C=O) groups excluding carboxylic acids is 1. The lowest BCUT2D eigenvalue weighted by atomic mass is 9.80. The molecule has 1 aliphatic carbocycles. The van der Waals surface area contributed by atoms with Gasteiger partial charge in [0.15, 0.2) is 0 Å². The van der Waals surface area contributed by atoms with Crippen molar-refractivity contribution < 1.29 is 14.1 Å². The van der Waals surface area contributed by atoms with Crippen molar-refractivity contribution in [1.82, 2.24) is 0 Å². The van der Waals surface area contributed by atoms with Crippen LogP contribution in [0.25, 0.3) is 0 Å². The fourth-order valence-corrected chi connectivity index (χ4v) is 0.759. The summed E-state index contributed by atoms with van der Waals surface area (Å²) in [5.41, 5.74) is 0. The van der Waals surface area contributed by atoms with E-state index in [9.17, 15) is 4.79 Å². The summed E-state index contributed by atoms with van der Waals surface area (Å²) < 4.78 is 9.20. The first-order valence-corrected chi connectivity index (χ1v) is 2.73. The maximum absolute atomic E-state index is 10.00. The first-order chi connectivity index (χ1) is 3.86. The Morgan fingerprint density at radius 2 is 2.12 bits per heavy atom. The van der Waals surface area contributed by atoms with Crippen LogP contribution >= 0.6 is 0 Å². The van der Waals surface area contributed by atoms with Gasteiger partial charge in [0, 0.05) is 5.82 Å². The minimum Gasteiger partial charge on any atom is -0.467 e. The minimum atomic E-state index is -0.512. The molecule has 2 aliphatic rings. The van der Waals surface area contributed by atoms with E-state index >= 15 is 0 Å². The zero-order chi connectivity index (χ0) is 5.56. The molecule has 1 saturated heterocycles. The van der Waals surface area contributed by atoms with E-state index in [2.05, 4.69) is 9.31 Å². The third-order valence-corrected chi connectivity index (χ3v) is 1.43. The van der Waals surface area contributed by atoms with Gasteiger partial charge < -0.3 is 9.31 Å². The molecule has 2 rings (SSSR count). The van der Waals surface area contributed by atoms with E-state index in [1.807, 2.05) is 0 Å². The molecule has 2 fully saturated rings. The van der Waals surface area contributed by atoms with E-state index in [0.717, 1.165) is 12.8 Å². The van der Waals surface area contributed by atoms with Gasteiger partial charge in [-0.1, -0.05) is 0 Å². The molecule has 0 unspecified atom stereocenters. The number of rotatable bonds is 1. The van der Waals surface area contributed by atoms with Crippen LogP contribution in [0.5, 0.6) is 0 Å². The monoisotopic (exact) mass is 112 g/mol. The highest BCUT2D eigenvalue weighted by atomic mass is 16.8. The lowest BCUT2D eigenvalue weighted by molar-refractivity contribution is 0.0881. The summed E-state index contributed by atoms with van der Waals surface area (Å²) in [6, 6.07) is 0. The van der Waals surface area contributed by atoms with Crippen LogP contribution in [0.1, 0.15) is 12.8 Å². The molecule has 0 bridgehead atoms. The standard InChI is InChI=1S/C4H5BO3/c6-4-7-5(8-4)3-1-2-3/h3H,1-2H2. The largest absolute Gasteiger partial charge is 0.606 e. The summed E-state index contributed by atoms with van der Waals surface area (Å²) in [5.74, 6) is 0.521. The van der Waals surface area contributed by atoms with Crippen molar-refractivity contribution >= 4 is 13.3 Å². The number of hydrogen-bond donors (Lipinski definition) is 0. The van der Waals surface area contributed by atoms with Crippen LogP contribution in [-0.2, 0) is 9.31 Å². The number of carbonyl (C=O) groups is 1. The van der Waals surface area contributed by atoms with Gasteiger partial charge in [-0.05, 0) is 12.8 Å². The van der Waals surface area contributed by atoms with Crippen LogP contribution in [0.3, 0.4) is 0 Å². The summed E-state index contributed by atoms with van der Waals surface area (Å²) in [6.07, 6.45) is 1.79. The SMILES string of the molecule is O=C1OB(C2CC2)O1. The smallest absolute Gasteiger partial charge is 0.467 e. The maximum atomic E-state index is 10.00. The second-order valence-corrected chi connectivity index (χ2v) is 2.19. The predicted molar refractivity (Wildman–Crippen MR) is 26.3 cm³/mol. The zero-order valence-corrected chi connectivity index (χ0v) is 4.29. The highest BCUT2D eigenvalue weighted by molar-refractivity contribution is 6.56. The van der Waals surface area contributed by atoms with Crippen molar-refractivity contribution in [1.29, 1.82) is 0 Å². The molecule has 4 heteroatoms. The van der Waals surface area contributed by atoms with Crippen molar-refractivity contribution in [2.24, 2.45) is 0 Å². The second kappa shape index (κ2) is 1.19. The zero-order valence-electron chi connectivity index (χ0n) is 4.29. The van der Waals surface area contributed by atoms with Gasteiger partial charge in [0.2, 0.25) is 0 Å². The van der Waals surface area contributed by atoms with Gasteiger partial charge in [-0.2, -0.15) is 0 Å². The lowest BCUT2D eigenvalue weighted by Gasteiger charge is -2.20. The summed E-state index contributed by atoms with van der Waals surface area (Å²) in [6.45, 7) is 0. The minimum absolute atomic E-state index is 0.178. The fourth-order valence-electron chi connectivity index (χ4n) is 0.759. The molecule has 1 saturated carbocycles. The summed E-state index contributed by atoms with van der Waals surface area (Å²) in [7, 11) is -0.178. The Hall–Kier alpha value is -0.665. The predicted octanol–water partition coefficient (Wildman–Crippen LogP) is 0.805. The highest BCUT2D eigenvalue weighted by Gasteiger charge is 2.51. The average Bonchev–Trinajstić information content (AvgIpc) is 2.37. The summed E-state index contributed by atoms with van der Waals surface area (Å²) in [4.78, 5) is 10.00. The van der Waals surface area contributed by atoms with Gasteiger partial charge in [-0.3, -0.25) is 0 Å². The molecule has 8 heavy (non-hydrogen) atoms. The molecule has 1 aliphatic heterocycles. The fraction of sp³-hybridized carbons (Fsp3) is 0.750. The Morgan fingerprint density at radius 1 is 1.50 bits per heavy atom. The van der Waals surface area contributed by atoms with Gasteiger partial charge in [0.1, 0.15) is 0 Å². The molecule has 0 aromatic heterocycles. The van der Waals surface area contributed by atoms with E-state index in [0.29, 0.717) is 5.82 Å². The average molecular weight is 112 g/mol. The van der Waals surface area contributed by atoms with Crippen LogP contribution < -0.4 is 0 Å². The van der Waals surface area contributed by atoms with Crippen LogP contribution in [-0.4, -0.2) is 13.3 Å². The first-order valence-electron chi connectivity index (χ1n) is 2.73. The van der Waals surface area contributed by atoms with Gasteiger partial charge in [-0.25, -0.2) is 4.79 Å². The molecule has 0 N–H and O–H groups in total. The van der Waals surface area contributed by atoms with Gasteiger partial charge in [0.05, 0.1) is 0 Å². The van der Waals surface area contributed by atoms with Crippen LogP contribution in [0.15, 0.2) is 0 Å². The number of hydrogen-bond acceptors (Lipinski definition) is 3. The van der Waals surface area contributed by atoms with E-state index in [1.54, 1.807) is 0 Å². The van der Waals surface area contributed by atoms with Gasteiger partial charge in [0.25, 0.3) is 0 Å². The molecule has 3 nitrogen and oxygen atoms in total. The maximum Gasteiger partial charge on any atom is 0.606 e. The Balaban J connectivity index is 1.86. The molecular formula is C4H5BO3. The van der Waals surface area contributed by atoms with Crippen molar-refractivity contribution in [2.45, 2.75) is 18.7 Å². The van der Waals surface area contributed by atoms with E-state index in [-0.39, 0.29) is 7.12 Å². The molecule has 0 radical (unpaired) electrons. The van der Waals surface area contributed by atoms with Crippen molar-refractivity contribution in [3.63, 3.8) is 0 Å². The summed E-state index contributed by atoms with van der Waals surface area (Å²) in [5, 5.41) is 0. The molecule has 0 aromatic carbocycles. The molecule has 1 heterocycles. The molecule has 0 atom stereocenters. The van der Waals surface area contributed by atoms with Crippen molar-refractivity contribution in [3.8, 4) is 0 Å². The summed E-state index contributed by atoms with van der Waals surface area (Å²) >= 11 is 0. The van der Waals surface area contributed by atoms with Gasteiger partial charge >= 0.3 is 13.3 Å². The Morgan fingerprint density at radius 3 is 2.50 bits per heavy atom. The van der Waals surface area contributed by atoms with Crippen LogP contribution in [0.2, 0.25) is 5.82 Å². The van der Waals surface area contributed by atoms with Gasteiger partial charge in [-0.15, -0.1) is 0 Å². The van der Waals surface area contributed by atoms with E-state index in [1.165, 1.54) is 0 Å². The Labute approximate surface area is 47.1 Å². The first kappa shape index (κ1) is 4.24. The van der Waals surface area contributed by atoms with E-state index in [4.69, 9.17) is 0 Å². The third-order valence-electron chi connectivity index (χ3n) is 1.43. The lowest BCUT2D eigenvalue weighted by Crippen LogP contribution is -2.40. The molecule has 0 aromatic rings. The molecule has 42 valence electrons. The molecule has 0 amide bonds. The quantitative estimate of drug-likeness (QED) is 0.470. The Bertz CT molecular complexity index is 123. The van der Waals surface area contributed by atoms with Crippen LogP contribution in [0.4, 0.5) is 4.79 Å². The van der Waals surface area contributed by atoms with Crippen LogP contribution in [0, 0.1) is 0 Å². The molecular weight excluding hydrogens is 107 g/mol. The van der Waals surface area contributed by atoms with E-state index < -0.39 is 6.16 Å². The van der Waals surface area contributed by atoms with Crippen molar-refractivity contribution in [3.05, 3.63) is 0 Å². The topological polar surface area (TPSA) is 35.5 Å².